The summed E-state index contributed by atoms with van der Waals surface area (Å²) in [6.07, 6.45) is 1.78. The molecule has 2 amide bonds. The van der Waals surface area contributed by atoms with Gasteiger partial charge in [-0.3, -0.25) is 9.59 Å². The van der Waals surface area contributed by atoms with Crippen LogP contribution in [0.1, 0.15) is 19.4 Å². The van der Waals surface area contributed by atoms with Crippen molar-refractivity contribution in [1.82, 2.24) is 0 Å². The van der Waals surface area contributed by atoms with E-state index in [2.05, 4.69) is 18.7 Å². The van der Waals surface area contributed by atoms with Crippen molar-refractivity contribution in [1.29, 1.82) is 0 Å². The van der Waals surface area contributed by atoms with Gasteiger partial charge in [0.15, 0.2) is 0 Å². The summed E-state index contributed by atoms with van der Waals surface area (Å²) >= 11 is 0.979. The van der Waals surface area contributed by atoms with Gasteiger partial charge < -0.3 is 4.90 Å². The molecule has 1 fully saturated rings. The topological polar surface area (TPSA) is 40.6 Å². The molecule has 0 atom stereocenters. The van der Waals surface area contributed by atoms with Crippen LogP contribution in [0.3, 0.4) is 0 Å². The number of hydrogen-bond acceptors (Lipinski definition) is 4. The number of amides is 2. The number of carbonyl (C=O) groups excluding carboxylic acids is 2. The molecule has 0 radical (unpaired) electrons. The van der Waals surface area contributed by atoms with E-state index in [1.165, 1.54) is 4.90 Å². The van der Waals surface area contributed by atoms with Crippen LogP contribution in [0.4, 0.5) is 16.2 Å². The molecule has 2 aromatic rings. The van der Waals surface area contributed by atoms with Gasteiger partial charge in [-0.2, -0.15) is 0 Å². The summed E-state index contributed by atoms with van der Waals surface area (Å²) in [5.74, 6) is -0.269. The Morgan fingerprint density at radius 1 is 0.960 bits per heavy atom. The number of imide groups is 1. The van der Waals surface area contributed by atoms with Gasteiger partial charge in [-0.1, -0.05) is 30.3 Å². The summed E-state index contributed by atoms with van der Waals surface area (Å²) in [4.78, 5) is 28.8. The molecule has 0 N–H and O–H groups in total. The normalized spacial score (nSPS) is 15.9. The zero-order valence-electron chi connectivity index (χ0n) is 14.3. The van der Waals surface area contributed by atoms with Gasteiger partial charge in [-0.05, 0) is 61.5 Å². The van der Waals surface area contributed by atoms with Gasteiger partial charge in [0, 0.05) is 18.8 Å². The van der Waals surface area contributed by atoms with Crippen LogP contribution >= 0.6 is 11.8 Å². The first kappa shape index (κ1) is 17.3. The van der Waals surface area contributed by atoms with Crippen LogP contribution in [0, 0.1) is 0 Å². The second kappa shape index (κ2) is 7.57. The Kier molecular flexibility index (Phi) is 5.24. The van der Waals surface area contributed by atoms with E-state index in [-0.39, 0.29) is 11.1 Å². The van der Waals surface area contributed by atoms with E-state index >= 15 is 0 Å². The molecule has 1 saturated heterocycles. The number of nitrogens with zero attached hydrogens (tertiary/aromatic N) is 2. The van der Waals surface area contributed by atoms with Gasteiger partial charge >= 0.3 is 0 Å². The van der Waals surface area contributed by atoms with E-state index in [4.69, 9.17) is 0 Å². The van der Waals surface area contributed by atoms with E-state index in [0.717, 1.165) is 36.1 Å². The van der Waals surface area contributed by atoms with Gasteiger partial charge in [-0.25, -0.2) is 4.90 Å². The number of carbonyl (C=O) groups is 2. The number of rotatable bonds is 5. The molecule has 0 unspecified atom stereocenters. The minimum atomic E-state index is -0.269. The lowest BCUT2D eigenvalue weighted by molar-refractivity contribution is -0.113. The summed E-state index contributed by atoms with van der Waals surface area (Å²) in [6.45, 7) is 6.14. The number of benzene rings is 2. The van der Waals surface area contributed by atoms with Crippen LogP contribution in [0.15, 0.2) is 59.5 Å². The summed E-state index contributed by atoms with van der Waals surface area (Å²) in [6, 6.07) is 17.0. The van der Waals surface area contributed by atoms with E-state index in [0.29, 0.717) is 10.6 Å². The molecule has 0 aromatic heterocycles. The van der Waals surface area contributed by atoms with Crippen molar-refractivity contribution < 1.29 is 9.59 Å². The number of anilines is 2. The van der Waals surface area contributed by atoms with Gasteiger partial charge in [0.2, 0.25) is 0 Å². The second-order valence-corrected chi connectivity index (χ2v) is 6.61. The first-order valence-electron chi connectivity index (χ1n) is 8.32. The fraction of sp³-hybridized carbons (Fsp3) is 0.200. The zero-order valence-corrected chi connectivity index (χ0v) is 15.1. The van der Waals surface area contributed by atoms with Crippen LogP contribution in [0.5, 0.6) is 0 Å². The molecule has 0 aliphatic carbocycles. The van der Waals surface area contributed by atoms with Crippen LogP contribution in [0.25, 0.3) is 6.08 Å². The largest absolute Gasteiger partial charge is 0.372 e. The molecule has 128 valence electrons. The van der Waals surface area contributed by atoms with E-state index in [1.807, 2.05) is 42.5 Å². The van der Waals surface area contributed by atoms with Gasteiger partial charge in [0.1, 0.15) is 0 Å². The van der Waals surface area contributed by atoms with Crippen molar-refractivity contribution in [3.63, 3.8) is 0 Å². The monoisotopic (exact) mass is 352 g/mol. The Balaban J connectivity index is 1.82. The average molecular weight is 352 g/mol. The van der Waals surface area contributed by atoms with Gasteiger partial charge in [-0.15, -0.1) is 0 Å². The fourth-order valence-electron chi connectivity index (χ4n) is 2.79. The maximum atomic E-state index is 12.6. The molecule has 1 aliphatic heterocycles. The Labute approximate surface area is 152 Å². The lowest BCUT2D eigenvalue weighted by atomic mass is 10.1. The van der Waals surface area contributed by atoms with Crippen LogP contribution in [-0.2, 0) is 4.79 Å². The van der Waals surface area contributed by atoms with E-state index < -0.39 is 0 Å². The van der Waals surface area contributed by atoms with Gasteiger partial charge in [0.05, 0.1) is 10.6 Å². The maximum absolute atomic E-state index is 12.6. The molecule has 4 nitrogen and oxygen atoms in total. The molecule has 5 heteroatoms. The first-order chi connectivity index (χ1) is 12.1. The predicted octanol–water partition coefficient (Wildman–Crippen LogP) is 4.77. The highest BCUT2D eigenvalue weighted by atomic mass is 32.2. The van der Waals surface area contributed by atoms with Crippen molar-refractivity contribution in [2.24, 2.45) is 0 Å². The molecular weight excluding hydrogens is 332 g/mol. The molecule has 0 spiro atoms. The quantitative estimate of drug-likeness (QED) is 0.727. The predicted molar refractivity (Wildman–Crippen MR) is 105 cm³/mol. The highest BCUT2D eigenvalue weighted by molar-refractivity contribution is 8.19. The van der Waals surface area contributed by atoms with Crippen molar-refractivity contribution in [3.8, 4) is 0 Å². The SMILES string of the molecule is CCN(CC)c1ccc(/C=C2/SC(=O)N(c3ccccc3)C2=O)cc1. The third-order valence-electron chi connectivity index (χ3n) is 4.13. The molecule has 3 rings (SSSR count). The summed E-state index contributed by atoms with van der Waals surface area (Å²) in [5.41, 5.74) is 2.67. The highest BCUT2D eigenvalue weighted by Crippen LogP contribution is 2.35. The van der Waals surface area contributed by atoms with Crippen molar-refractivity contribution in [3.05, 3.63) is 65.1 Å². The molecule has 1 aliphatic rings. The van der Waals surface area contributed by atoms with Crippen LogP contribution < -0.4 is 9.80 Å². The van der Waals surface area contributed by atoms with E-state index in [9.17, 15) is 9.59 Å². The Morgan fingerprint density at radius 3 is 2.20 bits per heavy atom. The van der Waals surface area contributed by atoms with Crippen molar-refractivity contribution in [2.75, 3.05) is 22.9 Å². The minimum absolute atomic E-state index is 0.262. The van der Waals surface area contributed by atoms with E-state index in [1.54, 1.807) is 18.2 Å². The molecule has 1 heterocycles. The lowest BCUT2D eigenvalue weighted by Gasteiger charge is -2.20. The average Bonchev–Trinajstić information content (AvgIpc) is 2.91. The number of thioether (sulfide) groups is 1. The second-order valence-electron chi connectivity index (χ2n) is 5.62. The van der Waals surface area contributed by atoms with Crippen molar-refractivity contribution in [2.45, 2.75) is 13.8 Å². The smallest absolute Gasteiger partial charge is 0.298 e. The lowest BCUT2D eigenvalue weighted by Crippen LogP contribution is -2.27. The summed E-state index contributed by atoms with van der Waals surface area (Å²) in [7, 11) is 0. The fourth-order valence-corrected chi connectivity index (χ4v) is 3.63. The third kappa shape index (κ3) is 3.61. The van der Waals surface area contributed by atoms with Gasteiger partial charge in [0.25, 0.3) is 11.1 Å². The maximum Gasteiger partial charge on any atom is 0.298 e. The summed E-state index contributed by atoms with van der Waals surface area (Å²) in [5, 5.41) is -0.262. The standard InChI is InChI=1S/C20H20N2O2S/c1-3-21(4-2)16-12-10-15(11-13-16)14-18-19(23)22(20(24)25-18)17-8-6-5-7-9-17/h5-14H,3-4H2,1-2H3/b18-14+. The Morgan fingerprint density at radius 2 is 1.60 bits per heavy atom. The Bertz CT molecular complexity index is 796. The minimum Gasteiger partial charge on any atom is -0.372 e. The molecular formula is C20H20N2O2S. The van der Waals surface area contributed by atoms with Crippen molar-refractivity contribution >= 4 is 40.4 Å². The number of hydrogen-bond donors (Lipinski definition) is 0. The first-order valence-corrected chi connectivity index (χ1v) is 9.13. The molecule has 0 bridgehead atoms. The Hall–Kier alpha value is -2.53. The highest BCUT2D eigenvalue weighted by Gasteiger charge is 2.36. The zero-order chi connectivity index (χ0) is 17.8. The number of para-hydroxylation sites is 1. The van der Waals surface area contributed by atoms with Crippen LogP contribution in [0.2, 0.25) is 0 Å². The van der Waals surface area contributed by atoms with Crippen LogP contribution in [-0.4, -0.2) is 24.2 Å². The molecule has 0 saturated carbocycles. The summed E-state index contributed by atoms with van der Waals surface area (Å²) < 4.78 is 0. The third-order valence-corrected chi connectivity index (χ3v) is 5.00. The molecule has 25 heavy (non-hydrogen) atoms. The molecule has 2 aromatic carbocycles.